The largest absolute Gasteiger partial charge is 0.378 e. The summed E-state index contributed by atoms with van der Waals surface area (Å²) in [7, 11) is 4.01. The number of rotatable bonds is 5. The standard InChI is InChI=1S/C22H20Cl2N2O/c1-26(2)19-5-3-4-16(12-19)15-6-8-17(9-7-15)22(25,14-27)18-10-11-20(23)21(24)13-18/h3-14H,25H2,1-2H3. The van der Waals surface area contributed by atoms with Crippen LogP contribution < -0.4 is 10.6 Å². The molecule has 0 amide bonds. The molecule has 1 atom stereocenters. The summed E-state index contributed by atoms with van der Waals surface area (Å²) in [6.07, 6.45) is 0.730. The number of nitrogens with two attached hydrogens (primary N) is 1. The van der Waals surface area contributed by atoms with Crippen LogP contribution in [0.3, 0.4) is 0 Å². The molecule has 3 aromatic rings. The second kappa shape index (κ2) is 7.73. The lowest BCUT2D eigenvalue weighted by Gasteiger charge is -2.25. The molecule has 0 aliphatic carbocycles. The van der Waals surface area contributed by atoms with E-state index in [4.69, 9.17) is 28.9 Å². The van der Waals surface area contributed by atoms with Gasteiger partial charge in [-0.1, -0.05) is 65.7 Å². The van der Waals surface area contributed by atoms with Gasteiger partial charge in [-0.2, -0.15) is 0 Å². The molecular formula is C22H20Cl2N2O. The molecule has 27 heavy (non-hydrogen) atoms. The van der Waals surface area contributed by atoms with Crippen molar-refractivity contribution in [2.45, 2.75) is 5.54 Å². The van der Waals surface area contributed by atoms with Gasteiger partial charge in [0.1, 0.15) is 11.8 Å². The number of anilines is 1. The van der Waals surface area contributed by atoms with Gasteiger partial charge in [0, 0.05) is 19.8 Å². The highest BCUT2D eigenvalue weighted by Gasteiger charge is 2.29. The van der Waals surface area contributed by atoms with Crippen LogP contribution in [0.5, 0.6) is 0 Å². The van der Waals surface area contributed by atoms with Gasteiger partial charge >= 0.3 is 0 Å². The minimum Gasteiger partial charge on any atom is -0.378 e. The zero-order chi connectivity index (χ0) is 19.6. The van der Waals surface area contributed by atoms with Crippen LogP contribution in [-0.2, 0) is 10.3 Å². The van der Waals surface area contributed by atoms with E-state index in [0.29, 0.717) is 21.2 Å². The molecule has 0 fully saturated rings. The lowest BCUT2D eigenvalue weighted by Crippen LogP contribution is -2.39. The molecule has 3 rings (SSSR count). The smallest absolute Gasteiger partial charge is 0.148 e. The van der Waals surface area contributed by atoms with Crippen LogP contribution >= 0.6 is 23.2 Å². The Kier molecular flexibility index (Phi) is 5.56. The summed E-state index contributed by atoms with van der Waals surface area (Å²) >= 11 is 12.1. The summed E-state index contributed by atoms with van der Waals surface area (Å²) in [5.74, 6) is 0. The van der Waals surface area contributed by atoms with Crippen molar-refractivity contribution in [2.24, 2.45) is 5.73 Å². The molecule has 0 aliphatic rings. The lowest BCUT2D eigenvalue weighted by atomic mass is 9.84. The van der Waals surface area contributed by atoms with Crippen LogP contribution in [0.15, 0.2) is 66.7 Å². The fraction of sp³-hybridized carbons (Fsp3) is 0.136. The average Bonchev–Trinajstić information content (AvgIpc) is 2.69. The summed E-state index contributed by atoms with van der Waals surface area (Å²) in [5, 5.41) is 0.785. The van der Waals surface area contributed by atoms with Crippen molar-refractivity contribution in [2.75, 3.05) is 19.0 Å². The van der Waals surface area contributed by atoms with E-state index in [1.807, 2.05) is 44.4 Å². The molecule has 0 aliphatic heterocycles. The predicted octanol–water partition coefficient (Wildman–Crippen LogP) is 5.13. The van der Waals surface area contributed by atoms with Crippen LogP contribution in [0.1, 0.15) is 11.1 Å². The highest BCUT2D eigenvalue weighted by molar-refractivity contribution is 6.42. The van der Waals surface area contributed by atoms with Crippen molar-refractivity contribution >= 4 is 35.2 Å². The zero-order valence-electron chi connectivity index (χ0n) is 15.1. The first kappa shape index (κ1) is 19.4. The Morgan fingerprint density at radius 2 is 1.52 bits per heavy atom. The summed E-state index contributed by atoms with van der Waals surface area (Å²) in [4.78, 5) is 13.9. The van der Waals surface area contributed by atoms with Gasteiger partial charge in [-0.25, -0.2) is 0 Å². The van der Waals surface area contributed by atoms with Gasteiger partial charge in [-0.15, -0.1) is 0 Å². The molecule has 0 radical (unpaired) electrons. The Bertz CT molecular complexity index is 970. The maximum atomic E-state index is 11.9. The van der Waals surface area contributed by atoms with Gasteiger partial charge in [0.05, 0.1) is 10.0 Å². The Morgan fingerprint density at radius 3 is 2.11 bits per heavy atom. The fourth-order valence-corrected chi connectivity index (χ4v) is 3.26. The molecule has 0 saturated heterocycles. The summed E-state index contributed by atoms with van der Waals surface area (Å²) in [6, 6.07) is 20.9. The Labute approximate surface area is 169 Å². The van der Waals surface area contributed by atoms with E-state index in [2.05, 4.69) is 23.1 Å². The van der Waals surface area contributed by atoms with Crippen LogP contribution in [0, 0.1) is 0 Å². The van der Waals surface area contributed by atoms with E-state index in [-0.39, 0.29) is 0 Å². The van der Waals surface area contributed by atoms with Gasteiger partial charge < -0.3 is 15.4 Å². The van der Waals surface area contributed by atoms with Crippen molar-refractivity contribution in [3.8, 4) is 11.1 Å². The number of hydrogen-bond acceptors (Lipinski definition) is 3. The first-order valence-corrected chi connectivity index (χ1v) is 9.20. The van der Waals surface area contributed by atoms with Gasteiger partial charge in [-0.05, 0) is 46.5 Å². The van der Waals surface area contributed by atoms with Crippen LogP contribution in [0.2, 0.25) is 10.0 Å². The second-order valence-corrected chi connectivity index (χ2v) is 7.45. The minimum absolute atomic E-state index is 0.364. The molecule has 0 saturated carbocycles. The number of nitrogens with zero attached hydrogens (tertiary/aromatic N) is 1. The van der Waals surface area contributed by atoms with Crippen molar-refractivity contribution < 1.29 is 4.79 Å². The van der Waals surface area contributed by atoms with E-state index in [1.54, 1.807) is 18.2 Å². The molecule has 3 nitrogen and oxygen atoms in total. The molecule has 0 aromatic heterocycles. The third-order valence-corrected chi connectivity index (χ3v) is 5.38. The molecule has 0 heterocycles. The maximum absolute atomic E-state index is 11.9. The number of benzene rings is 3. The third kappa shape index (κ3) is 3.86. The number of hydrogen-bond donors (Lipinski definition) is 1. The highest BCUT2D eigenvalue weighted by Crippen LogP contribution is 2.32. The monoisotopic (exact) mass is 398 g/mol. The summed E-state index contributed by atoms with van der Waals surface area (Å²) in [5.41, 5.74) is 9.68. The minimum atomic E-state index is -1.29. The first-order valence-electron chi connectivity index (χ1n) is 8.44. The first-order chi connectivity index (χ1) is 12.8. The molecule has 5 heteroatoms. The van der Waals surface area contributed by atoms with Crippen molar-refractivity contribution in [3.05, 3.63) is 87.9 Å². The SMILES string of the molecule is CN(C)c1cccc(-c2ccc(C(N)(C=O)c3ccc(Cl)c(Cl)c3)cc2)c1. The van der Waals surface area contributed by atoms with Crippen LogP contribution in [0.25, 0.3) is 11.1 Å². The number of carbonyl (C=O) groups excluding carboxylic acids is 1. The van der Waals surface area contributed by atoms with Gasteiger partial charge in [-0.3, -0.25) is 0 Å². The molecule has 1 unspecified atom stereocenters. The topological polar surface area (TPSA) is 46.3 Å². The predicted molar refractivity (Wildman–Crippen MR) is 114 cm³/mol. The summed E-state index contributed by atoms with van der Waals surface area (Å²) in [6.45, 7) is 0. The van der Waals surface area contributed by atoms with Gasteiger partial charge in [0.15, 0.2) is 0 Å². The lowest BCUT2D eigenvalue weighted by molar-refractivity contribution is -0.111. The number of carbonyl (C=O) groups is 1. The molecule has 0 spiro atoms. The molecule has 0 bridgehead atoms. The second-order valence-electron chi connectivity index (χ2n) is 6.64. The van der Waals surface area contributed by atoms with E-state index < -0.39 is 5.54 Å². The molecule has 138 valence electrons. The van der Waals surface area contributed by atoms with Crippen LogP contribution in [-0.4, -0.2) is 20.4 Å². The average molecular weight is 399 g/mol. The number of halogens is 2. The van der Waals surface area contributed by atoms with Gasteiger partial charge in [0.25, 0.3) is 0 Å². The Morgan fingerprint density at radius 1 is 0.852 bits per heavy atom. The fourth-order valence-electron chi connectivity index (χ4n) is 2.96. The maximum Gasteiger partial charge on any atom is 0.148 e. The van der Waals surface area contributed by atoms with E-state index in [1.165, 1.54) is 0 Å². The van der Waals surface area contributed by atoms with Gasteiger partial charge in [0.2, 0.25) is 0 Å². The van der Waals surface area contributed by atoms with E-state index in [9.17, 15) is 4.79 Å². The highest BCUT2D eigenvalue weighted by atomic mass is 35.5. The Balaban J connectivity index is 1.99. The quantitative estimate of drug-likeness (QED) is 0.606. The molecular weight excluding hydrogens is 379 g/mol. The molecule has 3 aromatic carbocycles. The van der Waals surface area contributed by atoms with Crippen molar-refractivity contribution in [1.29, 1.82) is 0 Å². The number of aldehydes is 1. The van der Waals surface area contributed by atoms with Crippen molar-refractivity contribution in [1.82, 2.24) is 0 Å². The van der Waals surface area contributed by atoms with E-state index >= 15 is 0 Å². The Hall–Kier alpha value is -2.33. The molecule has 2 N–H and O–H groups in total. The third-order valence-electron chi connectivity index (χ3n) is 4.64. The van der Waals surface area contributed by atoms with Crippen molar-refractivity contribution in [3.63, 3.8) is 0 Å². The normalized spacial score (nSPS) is 13.1. The zero-order valence-corrected chi connectivity index (χ0v) is 16.6. The van der Waals surface area contributed by atoms with Crippen LogP contribution in [0.4, 0.5) is 5.69 Å². The summed E-state index contributed by atoms with van der Waals surface area (Å²) < 4.78 is 0. The van der Waals surface area contributed by atoms with E-state index in [0.717, 1.165) is 23.1 Å².